The predicted molar refractivity (Wildman–Crippen MR) is 81.2 cm³/mol. The molecule has 106 valence electrons. The quantitative estimate of drug-likeness (QED) is 0.878. The van der Waals surface area contributed by atoms with Crippen LogP contribution in [0.1, 0.15) is 12.5 Å². The Morgan fingerprint density at radius 1 is 1.55 bits per heavy atom. The van der Waals surface area contributed by atoms with E-state index in [0.717, 1.165) is 5.56 Å². The lowest BCUT2D eigenvalue weighted by molar-refractivity contribution is -0.122. The van der Waals surface area contributed by atoms with Gasteiger partial charge in [-0.2, -0.15) is 5.10 Å². The van der Waals surface area contributed by atoms with Crippen molar-refractivity contribution < 1.29 is 9.53 Å². The van der Waals surface area contributed by atoms with Crippen molar-refractivity contribution in [3.8, 4) is 5.75 Å². The van der Waals surface area contributed by atoms with Crippen LogP contribution in [-0.4, -0.2) is 22.2 Å². The second-order valence-corrected chi connectivity index (χ2v) is 5.54. The summed E-state index contributed by atoms with van der Waals surface area (Å²) in [6.07, 6.45) is 0.979. The SMILES string of the molecule is Cc1cn[nH]c1NC(=O)C(C)Oc1ccc(Cl)cc1Br. The minimum atomic E-state index is -0.657. The van der Waals surface area contributed by atoms with E-state index in [1.807, 2.05) is 6.92 Å². The largest absolute Gasteiger partial charge is 0.480 e. The first-order chi connectivity index (χ1) is 9.47. The molecule has 2 aromatic rings. The van der Waals surface area contributed by atoms with Crippen molar-refractivity contribution in [3.05, 3.63) is 39.5 Å². The first-order valence-corrected chi connectivity index (χ1v) is 7.07. The average molecular weight is 359 g/mol. The Morgan fingerprint density at radius 3 is 2.90 bits per heavy atom. The lowest BCUT2D eigenvalue weighted by atomic mass is 10.3. The smallest absolute Gasteiger partial charge is 0.266 e. The van der Waals surface area contributed by atoms with Crippen molar-refractivity contribution in [3.63, 3.8) is 0 Å². The van der Waals surface area contributed by atoms with E-state index in [0.29, 0.717) is 21.1 Å². The molecule has 1 amide bonds. The Kier molecular flexibility index (Phi) is 4.67. The van der Waals surface area contributed by atoms with E-state index in [4.69, 9.17) is 16.3 Å². The van der Waals surface area contributed by atoms with Gasteiger partial charge in [0.05, 0.1) is 10.7 Å². The number of halogens is 2. The Balaban J connectivity index is 2.02. The van der Waals surface area contributed by atoms with Crippen LogP contribution in [0.15, 0.2) is 28.9 Å². The number of ether oxygens (including phenoxy) is 1. The monoisotopic (exact) mass is 357 g/mol. The van der Waals surface area contributed by atoms with E-state index >= 15 is 0 Å². The molecule has 1 unspecified atom stereocenters. The maximum atomic E-state index is 12.0. The van der Waals surface area contributed by atoms with Crippen LogP contribution >= 0.6 is 27.5 Å². The Hall–Kier alpha value is -1.53. The number of carbonyl (C=O) groups is 1. The fourth-order valence-corrected chi connectivity index (χ4v) is 2.29. The van der Waals surface area contributed by atoms with Crippen LogP contribution in [0.3, 0.4) is 0 Å². The molecule has 2 rings (SSSR count). The first kappa shape index (κ1) is 14.9. The zero-order valence-electron chi connectivity index (χ0n) is 10.9. The molecule has 0 radical (unpaired) electrons. The van der Waals surface area contributed by atoms with Gasteiger partial charge in [0, 0.05) is 10.6 Å². The predicted octanol–water partition coefficient (Wildman–Crippen LogP) is 3.54. The van der Waals surface area contributed by atoms with Crippen LogP contribution in [0.5, 0.6) is 5.75 Å². The van der Waals surface area contributed by atoms with Gasteiger partial charge in [-0.05, 0) is 48.0 Å². The van der Waals surface area contributed by atoms with Gasteiger partial charge in [-0.25, -0.2) is 0 Å². The Bertz CT molecular complexity index is 630. The molecular weight excluding hydrogens is 346 g/mol. The summed E-state index contributed by atoms with van der Waals surface area (Å²) >= 11 is 9.19. The first-order valence-electron chi connectivity index (χ1n) is 5.90. The van der Waals surface area contributed by atoms with Gasteiger partial charge in [-0.3, -0.25) is 9.89 Å². The van der Waals surface area contributed by atoms with E-state index in [2.05, 4.69) is 31.4 Å². The normalized spacial score (nSPS) is 12.0. The number of amides is 1. The number of nitrogens with zero attached hydrogens (tertiary/aromatic N) is 1. The summed E-state index contributed by atoms with van der Waals surface area (Å²) in [5, 5.41) is 9.86. The van der Waals surface area contributed by atoms with Crippen LogP contribution in [-0.2, 0) is 4.79 Å². The summed E-state index contributed by atoms with van der Waals surface area (Å²) in [5.41, 5.74) is 0.859. The third-order valence-corrected chi connectivity index (χ3v) is 3.50. The molecule has 1 atom stereocenters. The molecule has 0 saturated heterocycles. The molecule has 0 saturated carbocycles. The van der Waals surface area contributed by atoms with Gasteiger partial charge in [0.15, 0.2) is 6.10 Å². The maximum absolute atomic E-state index is 12.0. The molecule has 1 aromatic heterocycles. The number of aryl methyl sites for hydroxylation is 1. The van der Waals surface area contributed by atoms with E-state index in [1.165, 1.54) is 0 Å². The highest BCUT2D eigenvalue weighted by Crippen LogP contribution is 2.28. The molecule has 0 bridgehead atoms. The van der Waals surface area contributed by atoms with Gasteiger partial charge >= 0.3 is 0 Å². The number of H-pyrrole nitrogens is 1. The number of hydrogen-bond donors (Lipinski definition) is 2. The van der Waals surface area contributed by atoms with Crippen LogP contribution in [0.2, 0.25) is 5.02 Å². The van der Waals surface area contributed by atoms with E-state index < -0.39 is 6.10 Å². The molecule has 0 aliphatic carbocycles. The molecule has 1 heterocycles. The number of aromatic nitrogens is 2. The maximum Gasteiger partial charge on any atom is 0.266 e. The zero-order valence-corrected chi connectivity index (χ0v) is 13.2. The molecular formula is C13H13BrClN3O2. The summed E-state index contributed by atoms with van der Waals surface area (Å²) < 4.78 is 6.30. The number of hydrogen-bond acceptors (Lipinski definition) is 3. The zero-order chi connectivity index (χ0) is 14.7. The van der Waals surface area contributed by atoms with Gasteiger partial charge in [0.25, 0.3) is 5.91 Å². The molecule has 0 fully saturated rings. The van der Waals surface area contributed by atoms with Crippen LogP contribution in [0, 0.1) is 6.92 Å². The summed E-state index contributed by atoms with van der Waals surface area (Å²) in [4.78, 5) is 12.0. The highest BCUT2D eigenvalue weighted by molar-refractivity contribution is 9.10. The Morgan fingerprint density at radius 2 is 2.30 bits per heavy atom. The van der Waals surface area contributed by atoms with Crippen molar-refractivity contribution in [2.45, 2.75) is 20.0 Å². The van der Waals surface area contributed by atoms with Crippen molar-refractivity contribution in [2.75, 3.05) is 5.32 Å². The van der Waals surface area contributed by atoms with Gasteiger partial charge in [0.2, 0.25) is 0 Å². The Labute approximate surface area is 129 Å². The molecule has 20 heavy (non-hydrogen) atoms. The molecule has 0 spiro atoms. The lowest BCUT2D eigenvalue weighted by Crippen LogP contribution is -2.30. The van der Waals surface area contributed by atoms with E-state index in [1.54, 1.807) is 31.3 Å². The highest BCUT2D eigenvalue weighted by atomic mass is 79.9. The lowest BCUT2D eigenvalue weighted by Gasteiger charge is -2.15. The fraction of sp³-hybridized carbons (Fsp3) is 0.231. The topological polar surface area (TPSA) is 67.0 Å². The van der Waals surface area contributed by atoms with E-state index in [9.17, 15) is 4.79 Å². The molecule has 0 aliphatic heterocycles. The molecule has 0 aliphatic rings. The minimum Gasteiger partial charge on any atom is -0.480 e. The summed E-state index contributed by atoms with van der Waals surface area (Å²) in [7, 11) is 0. The second-order valence-electron chi connectivity index (χ2n) is 4.25. The molecule has 7 heteroatoms. The number of aromatic amines is 1. The van der Waals surface area contributed by atoms with Gasteiger partial charge < -0.3 is 10.1 Å². The van der Waals surface area contributed by atoms with Crippen LogP contribution in [0.25, 0.3) is 0 Å². The van der Waals surface area contributed by atoms with Gasteiger partial charge in [-0.1, -0.05) is 11.6 Å². The standard InChI is InChI=1S/C13H13BrClN3O2/c1-7-6-16-18-12(7)17-13(19)8(2)20-11-4-3-9(15)5-10(11)14/h3-6,8H,1-2H3,(H2,16,17,18,19). The number of nitrogens with one attached hydrogen (secondary N) is 2. The second kappa shape index (κ2) is 6.28. The fourth-order valence-electron chi connectivity index (χ4n) is 1.51. The van der Waals surface area contributed by atoms with Gasteiger partial charge in [-0.15, -0.1) is 0 Å². The number of benzene rings is 1. The number of anilines is 1. The number of carbonyl (C=O) groups excluding carboxylic acids is 1. The van der Waals surface area contributed by atoms with Crippen molar-refractivity contribution in [1.29, 1.82) is 0 Å². The van der Waals surface area contributed by atoms with Crippen molar-refractivity contribution in [2.24, 2.45) is 0 Å². The number of rotatable bonds is 4. The molecule has 2 N–H and O–H groups in total. The van der Waals surface area contributed by atoms with E-state index in [-0.39, 0.29) is 5.91 Å². The summed E-state index contributed by atoms with van der Waals surface area (Å²) in [6, 6.07) is 5.11. The average Bonchev–Trinajstić information content (AvgIpc) is 2.78. The van der Waals surface area contributed by atoms with Gasteiger partial charge in [0.1, 0.15) is 11.6 Å². The van der Waals surface area contributed by atoms with Crippen molar-refractivity contribution in [1.82, 2.24) is 10.2 Å². The van der Waals surface area contributed by atoms with Crippen LogP contribution < -0.4 is 10.1 Å². The third-order valence-electron chi connectivity index (χ3n) is 2.64. The molecule has 1 aromatic carbocycles. The molecule has 5 nitrogen and oxygen atoms in total. The van der Waals surface area contributed by atoms with Crippen LogP contribution in [0.4, 0.5) is 5.82 Å². The van der Waals surface area contributed by atoms with Crippen molar-refractivity contribution >= 4 is 39.3 Å². The summed E-state index contributed by atoms with van der Waals surface area (Å²) in [5.74, 6) is 0.859. The third kappa shape index (κ3) is 3.52. The summed E-state index contributed by atoms with van der Waals surface area (Å²) in [6.45, 7) is 3.52. The minimum absolute atomic E-state index is 0.265. The highest BCUT2D eigenvalue weighted by Gasteiger charge is 2.17.